The van der Waals surface area contributed by atoms with Gasteiger partial charge in [0.15, 0.2) is 11.5 Å². The molecule has 0 atom stereocenters. The molecule has 1 aliphatic rings. The number of terminal acetylenes is 1. The molecule has 0 aromatic carbocycles. The zero-order valence-corrected chi connectivity index (χ0v) is 12.4. The Labute approximate surface area is 133 Å². The molecule has 23 heavy (non-hydrogen) atoms. The highest BCUT2D eigenvalue weighted by Crippen LogP contribution is 2.35. The van der Waals surface area contributed by atoms with Crippen LogP contribution in [0, 0.1) is 12.3 Å². The normalized spacial score (nSPS) is 14.2. The number of carbonyl (C=O) groups excluding carboxylic acids is 1. The van der Waals surface area contributed by atoms with Crippen molar-refractivity contribution in [3.63, 3.8) is 0 Å². The van der Waals surface area contributed by atoms with Crippen LogP contribution in [0.4, 0.5) is 0 Å². The molecular weight excluding hydrogens is 294 g/mol. The molecule has 8 nitrogen and oxygen atoms in total. The molecule has 1 amide bonds. The monoisotopic (exact) mass is 309 g/mol. The molecule has 0 saturated carbocycles. The number of aromatic nitrogens is 4. The summed E-state index contributed by atoms with van der Waals surface area (Å²) in [7, 11) is 0. The Kier molecular flexibility index (Phi) is 4.10. The lowest BCUT2D eigenvalue weighted by Gasteiger charge is -2.09. The van der Waals surface area contributed by atoms with Crippen LogP contribution in [0.15, 0.2) is 41.1 Å². The third kappa shape index (κ3) is 3.58. The maximum absolute atomic E-state index is 12.0. The molecule has 8 heteroatoms. The fraction of sp³-hybridized carbons (Fsp3) is 0.333. The highest BCUT2D eigenvalue weighted by atomic mass is 16.1. The molecule has 1 aliphatic heterocycles. The van der Waals surface area contributed by atoms with Gasteiger partial charge in [0.1, 0.15) is 5.69 Å². The van der Waals surface area contributed by atoms with Gasteiger partial charge in [-0.1, -0.05) is 0 Å². The lowest BCUT2D eigenvalue weighted by atomic mass is 10.0. The minimum Gasteiger partial charge on any atom is -0.350 e. The van der Waals surface area contributed by atoms with Gasteiger partial charge in [-0.25, -0.2) is 14.6 Å². The fourth-order valence-electron chi connectivity index (χ4n) is 2.10. The Morgan fingerprint density at radius 2 is 2.17 bits per heavy atom. The molecule has 3 heterocycles. The second-order valence-electron chi connectivity index (χ2n) is 5.10. The van der Waals surface area contributed by atoms with Gasteiger partial charge in [-0.05, 0) is 6.07 Å². The number of hydrogen-bond donors (Lipinski definition) is 1. The van der Waals surface area contributed by atoms with Crippen LogP contribution in [0.5, 0.6) is 0 Å². The van der Waals surface area contributed by atoms with Crippen LogP contribution in [0.3, 0.4) is 0 Å². The smallest absolute Gasteiger partial charge is 0.271 e. The zero-order chi connectivity index (χ0) is 16.1. The van der Waals surface area contributed by atoms with Crippen LogP contribution < -0.4 is 5.32 Å². The second-order valence-corrected chi connectivity index (χ2v) is 5.10. The Bertz CT molecular complexity index is 737. The standard InChI is InChI=1S/C15H15N7O/c1-2-3-5-15(20-21-15)6-8-16-14(23)12-10-18-13(11-17-12)22-9-4-7-19-22/h1,4,7,9-11H,3,5-6,8H2,(H,16,23). The average Bonchev–Trinajstić information content (AvgIpc) is 3.13. The molecular formula is C15H15N7O. The van der Waals surface area contributed by atoms with Gasteiger partial charge in [-0.3, -0.25) is 4.79 Å². The van der Waals surface area contributed by atoms with Gasteiger partial charge in [-0.15, -0.1) is 12.3 Å². The zero-order valence-electron chi connectivity index (χ0n) is 12.4. The van der Waals surface area contributed by atoms with Crippen molar-refractivity contribution in [1.29, 1.82) is 0 Å². The third-order valence-electron chi connectivity index (χ3n) is 3.47. The predicted molar refractivity (Wildman–Crippen MR) is 81.8 cm³/mol. The number of nitrogens with one attached hydrogen (secondary N) is 1. The van der Waals surface area contributed by atoms with Crippen LogP contribution in [0.2, 0.25) is 0 Å². The van der Waals surface area contributed by atoms with E-state index in [-0.39, 0.29) is 11.6 Å². The summed E-state index contributed by atoms with van der Waals surface area (Å²) in [5.41, 5.74) is -0.141. The Morgan fingerprint density at radius 1 is 1.30 bits per heavy atom. The number of hydrogen-bond acceptors (Lipinski definition) is 6. The van der Waals surface area contributed by atoms with Crippen molar-refractivity contribution < 1.29 is 4.79 Å². The Morgan fingerprint density at radius 3 is 2.78 bits per heavy atom. The summed E-state index contributed by atoms with van der Waals surface area (Å²) >= 11 is 0. The van der Waals surface area contributed by atoms with E-state index in [1.54, 1.807) is 23.1 Å². The lowest BCUT2D eigenvalue weighted by Crippen LogP contribution is -2.29. The molecule has 0 saturated heterocycles. The lowest BCUT2D eigenvalue weighted by molar-refractivity contribution is 0.0946. The van der Waals surface area contributed by atoms with Gasteiger partial charge < -0.3 is 5.32 Å². The molecule has 2 aromatic rings. The van der Waals surface area contributed by atoms with E-state index in [4.69, 9.17) is 6.42 Å². The van der Waals surface area contributed by atoms with Crippen molar-refractivity contribution in [2.24, 2.45) is 10.2 Å². The first-order chi connectivity index (χ1) is 11.2. The van der Waals surface area contributed by atoms with Crippen LogP contribution >= 0.6 is 0 Å². The molecule has 1 N–H and O–H groups in total. The summed E-state index contributed by atoms with van der Waals surface area (Å²) < 4.78 is 1.57. The van der Waals surface area contributed by atoms with Crippen molar-refractivity contribution in [2.75, 3.05) is 6.54 Å². The van der Waals surface area contributed by atoms with Crippen molar-refractivity contribution >= 4 is 5.91 Å². The molecule has 0 spiro atoms. The molecule has 3 rings (SSSR count). The Balaban J connectivity index is 1.50. The van der Waals surface area contributed by atoms with Gasteiger partial charge >= 0.3 is 0 Å². The second kappa shape index (κ2) is 6.36. The average molecular weight is 309 g/mol. The number of rotatable bonds is 7. The van der Waals surface area contributed by atoms with Gasteiger partial charge in [0.05, 0.1) is 12.4 Å². The molecule has 0 radical (unpaired) electrons. The van der Waals surface area contributed by atoms with E-state index in [1.165, 1.54) is 12.4 Å². The molecule has 0 fully saturated rings. The van der Waals surface area contributed by atoms with Gasteiger partial charge in [-0.2, -0.15) is 15.3 Å². The fourth-order valence-corrected chi connectivity index (χ4v) is 2.10. The van der Waals surface area contributed by atoms with E-state index in [9.17, 15) is 4.79 Å². The first kappa shape index (κ1) is 14.8. The first-order valence-corrected chi connectivity index (χ1v) is 7.20. The van der Waals surface area contributed by atoms with Crippen molar-refractivity contribution in [3.05, 3.63) is 36.5 Å². The third-order valence-corrected chi connectivity index (χ3v) is 3.47. The molecule has 116 valence electrons. The van der Waals surface area contributed by atoms with Crippen LogP contribution in [-0.4, -0.2) is 37.9 Å². The number of nitrogens with zero attached hydrogens (tertiary/aromatic N) is 6. The summed E-state index contributed by atoms with van der Waals surface area (Å²) in [6, 6.07) is 1.78. The van der Waals surface area contributed by atoms with E-state index in [0.29, 0.717) is 25.2 Å². The minimum absolute atomic E-state index is 0.253. The summed E-state index contributed by atoms with van der Waals surface area (Å²) in [4.78, 5) is 20.3. The molecule has 0 bridgehead atoms. The van der Waals surface area contributed by atoms with Crippen LogP contribution in [0.25, 0.3) is 5.82 Å². The highest BCUT2D eigenvalue weighted by molar-refractivity contribution is 5.91. The van der Waals surface area contributed by atoms with Crippen molar-refractivity contribution in [3.8, 4) is 18.2 Å². The van der Waals surface area contributed by atoms with Crippen LogP contribution in [0.1, 0.15) is 29.8 Å². The largest absolute Gasteiger partial charge is 0.350 e. The quantitative estimate of drug-likeness (QED) is 0.781. The van der Waals surface area contributed by atoms with Crippen molar-refractivity contribution in [1.82, 2.24) is 25.1 Å². The van der Waals surface area contributed by atoms with E-state index in [1.807, 2.05) is 0 Å². The van der Waals surface area contributed by atoms with E-state index in [2.05, 4.69) is 36.5 Å². The van der Waals surface area contributed by atoms with E-state index < -0.39 is 5.66 Å². The minimum atomic E-state index is -0.394. The molecule has 2 aromatic heterocycles. The number of carbonyl (C=O) groups is 1. The number of amides is 1. The van der Waals surface area contributed by atoms with E-state index in [0.717, 1.165) is 6.42 Å². The first-order valence-electron chi connectivity index (χ1n) is 7.20. The molecule has 0 aliphatic carbocycles. The Hall–Kier alpha value is -3.08. The van der Waals surface area contributed by atoms with E-state index >= 15 is 0 Å². The van der Waals surface area contributed by atoms with Gasteiger partial charge in [0.25, 0.3) is 5.91 Å². The molecule has 0 unspecified atom stereocenters. The van der Waals surface area contributed by atoms with Gasteiger partial charge in [0, 0.05) is 38.2 Å². The summed E-state index contributed by atoms with van der Waals surface area (Å²) in [5.74, 6) is 2.84. The summed E-state index contributed by atoms with van der Waals surface area (Å²) in [5, 5.41) is 14.9. The predicted octanol–water partition coefficient (Wildman–Crippen LogP) is 1.36. The van der Waals surface area contributed by atoms with Crippen molar-refractivity contribution in [2.45, 2.75) is 24.9 Å². The summed E-state index contributed by atoms with van der Waals surface area (Å²) in [6.07, 6.45) is 13.5. The maximum Gasteiger partial charge on any atom is 0.271 e. The SMILES string of the molecule is C#CCCC1(CCNC(=O)c2cnc(-n3cccn3)cn2)N=N1. The highest BCUT2D eigenvalue weighted by Gasteiger charge is 2.38. The summed E-state index contributed by atoms with van der Waals surface area (Å²) in [6.45, 7) is 0.457. The maximum atomic E-state index is 12.0. The van der Waals surface area contributed by atoms with Gasteiger partial charge in [0.2, 0.25) is 0 Å². The topological polar surface area (TPSA) is 97.4 Å². The van der Waals surface area contributed by atoms with Crippen LogP contribution in [-0.2, 0) is 0 Å².